The minimum absolute atomic E-state index is 0.00825. The highest BCUT2D eigenvalue weighted by atomic mass is 19.1. The van der Waals surface area contributed by atoms with Crippen molar-refractivity contribution in [2.45, 2.75) is 45.2 Å². The van der Waals surface area contributed by atoms with Crippen molar-refractivity contribution in [2.75, 3.05) is 5.32 Å². The van der Waals surface area contributed by atoms with Crippen LogP contribution in [0.15, 0.2) is 42.6 Å². The fraction of sp³-hybridized carbons (Fsp3) is 0.280. The summed E-state index contributed by atoms with van der Waals surface area (Å²) in [6, 6.07) is 9.15. The number of aromatic nitrogens is 3. The Morgan fingerprint density at radius 1 is 1.19 bits per heavy atom. The fourth-order valence-electron chi connectivity index (χ4n) is 4.48. The second-order valence-corrected chi connectivity index (χ2v) is 9.11. The third-order valence-electron chi connectivity index (χ3n) is 6.40. The molecule has 0 radical (unpaired) electrons. The van der Waals surface area contributed by atoms with E-state index in [1.54, 1.807) is 30.3 Å². The number of carbonyl (C=O) groups excluding carboxylic acids is 4. The van der Waals surface area contributed by atoms with Gasteiger partial charge in [0, 0.05) is 18.5 Å². The molecular weight excluding hydrogens is 467 g/mol. The summed E-state index contributed by atoms with van der Waals surface area (Å²) in [6.45, 7) is 3.94. The fourth-order valence-corrected chi connectivity index (χ4v) is 4.48. The molecule has 1 aromatic heterocycles. The van der Waals surface area contributed by atoms with Gasteiger partial charge in [-0.2, -0.15) is 0 Å². The van der Waals surface area contributed by atoms with Crippen molar-refractivity contribution in [1.82, 2.24) is 25.2 Å². The highest BCUT2D eigenvalue weighted by Gasteiger charge is 2.39. The average Bonchev–Trinajstić information content (AvgIpc) is 3.45. The van der Waals surface area contributed by atoms with Gasteiger partial charge in [0.15, 0.2) is 5.69 Å². The molecule has 36 heavy (non-hydrogen) atoms. The van der Waals surface area contributed by atoms with Crippen molar-refractivity contribution in [1.29, 1.82) is 0 Å². The lowest BCUT2D eigenvalue weighted by atomic mass is 10.0. The van der Waals surface area contributed by atoms with E-state index < -0.39 is 23.7 Å². The zero-order chi connectivity index (χ0) is 25.6. The molecule has 0 bridgehead atoms. The summed E-state index contributed by atoms with van der Waals surface area (Å²) >= 11 is 0. The minimum atomic E-state index is -0.706. The highest BCUT2D eigenvalue weighted by molar-refractivity contribution is 6.05. The van der Waals surface area contributed by atoms with Gasteiger partial charge >= 0.3 is 0 Å². The van der Waals surface area contributed by atoms with E-state index in [-0.39, 0.29) is 48.5 Å². The number of benzene rings is 2. The number of nitrogens with one attached hydrogen (secondary N) is 2. The standard InChI is InChI=1S/C25H23FN6O4/c1-13(2)16-4-3-5-18(22(16)26)27-23(34)19-12-32(30-29-19)15-6-7-17-14(10-15)11-31(25(17)36)20-8-9-21(33)28-24(20)35/h3-7,10,12-13,20H,8-9,11H2,1-2H3,(H,27,34)(H,28,33,35). The van der Waals surface area contributed by atoms with Crippen LogP contribution in [0.25, 0.3) is 5.69 Å². The molecule has 0 saturated carbocycles. The van der Waals surface area contributed by atoms with E-state index in [2.05, 4.69) is 20.9 Å². The minimum Gasteiger partial charge on any atom is -0.322 e. The van der Waals surface area contributed by atoms with Crippen LogP contribution < -0.4 is 10.6 Å². The monoisotopic (exact) mass is 490 g/mol. The molecule has 1 saturated heterocycles. The first-order valence-corrected chi connectivity index (χ1v) is 11.5. The van der Waals surface area contributed by atoms with E-state index in [1.807, 2.05) is 13.8 Å². The van der Waals surface area contributed by atoms with Crippen molar-refractivity contribution in [3.05, 3.63) is 70.8 Å². The zero-order valence-electron chi connectivity index (χ0n) is 19.6. The summed E-state index contributed by atoms with van der Waals surface area (Å²) in [7, 11) is 0. The summed E-state index contributed by atoms with van der Waals surface area (Å²) in [6.07, 6.45) is 1.87. The predicted octanol–water partition coefficient (Wildman–Crippen LogP) is 2.54. The molecule has 3 aromatic rings. The Morgan fingerprint density at radius 3 is 2.75 bits per heavy atom. The number of fused-ring (bicyclic) bond motifs is 1. The first-order valence-electron chi connectivity index (χ1n) is 11.5. The SMILES string of the molecule is CC(C)c1cccc(NC(=O)c2cn(-c3ccc4c(c3)CN(C3CCC(=O)NC3=O)C4=O)nn2)c1F. The molecule has 11 heteroatoms. The van der Waals surface area contributed by atoms with E-state index in [1.165, 1.54) is 21.8 Å². The van der Waals surface area contributed by atoms with E-state index in [4.69, 9.17) is 0 Å². The molecule has 3 heterocycles. The Morgan fingerprint density at radius 2 is 2.00 bits per heavy atom. The van der Waals surface area contributed by atoms with Crippen LogP contribution in [0.2, 0.25) is 0 Å². The Bertz CT molecular complexity index is 1420. The first-order chi connectivity index (χ1) is 17.2. The molecule has 2 aliphatic heterocycles. The van der Waals surface area contributed by atoms with Crippen LogP contribution in [0.5, 0.6) is 0 Å². The number of anilines is 1. The number of amides is 4. The third-order valence-corrected chi connectivity index (χ3v) is 6.40. The average molecular weight is 490 g/mol. The molecule has 184 valence electrons. The van der Waals surface area contributed by atoms with Crippen LogP contribution in [0, 0.1) is 5.82 Å². The van der Waals surface area contributed by atoms with Crippen molar-refractivity contribution in [3.8, 4) is 5.69 Å². The number of hydrogen-bond acceptors (Lipinski definition) is 6. The van der Waals surface area contributed by atoms with Gasteiger partial charge in [-0.3, -0.25) is 24.5 Å². The number of piperidine rings is 1. The van der Waals surface area contributed by atoms with Gasteiger partial charge in [-0.05, 0) is 47.7 Å². The number of hydrogen-bond donors (Lipinski definition) is 2. The quantitative estimate of drug-likeness (QED) is 0.530. The van der Waals surface area contributed by atoms with Gasteiger partial charge < -0.3 is 10.2 Å². The Kier molecular flexibility index (Phi) is 5.83. The summed E-state index contributed by atoms with van der Waals surface area (Å²) in [5, 5.41) is 12.7. The van der Waals surface area contributed by atoms with Crippen molar-refractivity contribution in [2.24, 2.45) is 0 Å². The number of carbonyl (C=O) groups is 4. The van der Waals surface area contributed by atoms with E-state index >= 15 is 0 Å². The van der Waals surface area contributed by atoms with Crippen LogP contribution in [0.3, 0.4) is 0 Å². The summed E-state index contributed by atoms with van der Waals surface area (Å²) < 4.78 is 16.1. The number of imide groups is 1. The maximum Gasteiger partial charge on any atom is 0.277 e. The van der Waals surface area contributed by atoms with Gasteiger partial charge in [-0.25, -0.2) is 9.07 Å². The normalized spacial score (nSPS) is 17.4. The smallest absolute Gasteiger partial charge is 0.277 e. The lowest BCUT2D eigenvalue weighted by molar-refractivity contribution is -0.136. The van der Waals surface area contributed by atoms with Crippen LogP contribution in [0.4, 0.5) is 10.1 Å². The molecule has 1 atom stereocenters. The number of halogens is 1. The van der Waals surface area contributed by atoms with E-state index in [9.17, 15) is 23.6 Å². The van der Waals surface area contributed by atoms with Gasteiger partial charge in [-0.1, -0.05) is 31.2 Å². The largest absolute Gasteiger partial charge is 0.322 e. The molecule has 2 aliphatic rings. The Balaban J connectivity index is 1.33. The van der Waals surface area contributed by atoms with Crippen LogP contribution in [0.1, 0.15) is 64.6 Å². The number of rotatable bonds is 5. The Hall–Kier alpha value is -4.41. The maximum absolute atomic E-state index is 14.7. The Labute approximate surface area is 205 Å². The molecule has 2 aromatic carbocycles. The molecule has 2 N–H and O–H groups in total. The molecular formula is C25H23FN6O4. The maximum atomic E-state index is 14.7. The summed E-state index contributed by atoms with van der Waals surface area (Å²) in [5.41, 5.74) is 2.26. The molecule has 0 aliphatic carbocycles. The van der Waals surface area contributed by atoms with Gasteiger partial charge in [0.05, 0.1) is 17.6 Å². The third kappa shape index (κ3) is 4.12. The lowest BCUT2D eigenvalue weighted by Crippen LogP contribution is -2.52. The van der Waals surface area contributed by atoms with Gasteiger partial charge in [0.25, 0.3) is 11.8 Å². The molecule has 1 unspecified atom stereocenters. The molecule has 0 spiro atoms. The highest BCUT2D eigenvalue weighted by Crippen LogP contribution is 2.29. The topological polar surface area (TPSA) is 126 Å². The van der Waals surface area contributed by atoms with Gasteiger partial charge in [0.2, 0.25) is 11.8 Å². The zero-order valence-corrected chi connectivity index (χ0v) is 19.6. The second-order valence-electron chi connectivity index (χ2n) is 9.11. The van der Waals surface area contributed by atoms with Gasteiger partial charge in [-0.15, -0.1) is 5.10 Å². The van der Waals surface area contributed by atoms with E-state index in [0.29, 0.717) is 22.4 Å². The molecule has 10 nitrogen and oxygen atoms in total. The summed E-state index contributed by atoms with van der Waals surface area (Å²) in [4.78, 5) is 50.7. The molecule has 1 fully saturated rings. The van der Waals surface area contributed by atoms with Crippen molar-refractivity contribution < 1.29 is 23.6 Å². The van der Waals surface area contributed by atoms with Crippen LogP contribution >= 0.6 is 0 Å². The van der Waals surface area contributed by atoms with Crippen molar-refractivity contribution >= 4 is 29.3 Å². The van der Waals surface area contributed by atoms with Gasteiger partial charge in [0.1, 0.15) is 11.9 Å². The van der Waals surface area contributed by atoms with Crippen molar-refractivity contribution in [3.63, 3.8) is 0 Å². The first kappa shape index (κ1) is 23.3. The van der Waals surface area contributed by atoms with E-state index in [0.717, 1.165) is 0 Å². The molecule has 4 amide bonds. The predicted molar refractivity (Wildman–Crippen MR) is 126 cm³/mol. The summed E-state index contributed by atoms with van der Waals surface area (Å²) in [5.74, 6) is -2.24. The lowest BCUT2D eigenvalue weighted by Gasteiger charge is -2.29. The second kappa shape index (κ2) is 8.99. The number of nitrogens with zero attached hydrogens (tertiary/aromatic N) is 4. The molecule has 5 rings (SSSR count). The van der Waals surface area contributed by atoms with Crippen LogP contribution in [-0.4, -0.2) is 49.6 Å². The van der Waals surface area contributed by atoms with Crippen LogP contribution in [-0.2, 0) is 16.1 Å².